The Morgan fingerprint density at radius 3 is 2.71 bits per heavy atom. The number of methoxy groups -OCH3 is 1. The summed E-state index contributed by atoms with van der Waals surface area (Å²) in [6.45, 7) is 2.88. The molecule has 1 aromatic carbocycles. The summed E-state index contributed by atoms with van der Waals surface area (Å²) in [7, 11) is -2.21. The number of carbonyl (C=O) groups excluding carboxylic acids is 1. The number of rotatable bonds is 1. The van der Waals surface area contributed by atoms with E-state index in [-0.39, 0.29) is 47.0 Å². The van der Waals surface area contributed by atoms with Gasteiger partial charge in [-0.3, -0.25) is 0 Å². The Hall–Kier alpha value is -2.44. The summed E-state index contributed by atoms with van der Waals surface area (Å²) in [5.41, 5.74) is 5.05. The molecule has 0 saturated carbocycles. The van der Waals surface area contributed by atoms with E-state index in [4.69, 9.17) is 28.5 Å². The third kappa shape index (κ3) is 4.32. The maximum absolute atomic E-state index is 12.3. The van der Waals surface area contributed by atoms with Gasteiger partial charge < -0.3 is 28.1 Å². The Bertz CT molecular complexity index is 1130. The van der Waals surface area contributed by atoms with Gasteiger partial charge in [0.15, 0.2) is 0 Å². The zero-order chi connectivity index (χ0) is 21.4. The van der Waals surface area contributed by atoms with Gasteiger partial charge in [-0.05, 0) is 25.5 Å². The van der Waals surface area contributed by atoms with E-state index in [1.807, 2.05) is 18.2 Å². The first kappa shape index (κ1) is 23.2. The number of hydrogen-bond donors (Lipinski definition) is 0. The first-order chi connectivity index (χ1) is 14.4. The van der Waals surface area contributed by atoms with Gasteiger partial charge in [-0.2, -0.15) is 0 Å². The topological polar surface area (TPSA) is 117 Å². The van der Waals surface area contributed by atoms with Gasteiger partial charge in [0.1, 0.15) is 6.10 Å². The third-order valence-electron chi connectivity index (χ3n) is 5.89. The van der Waals surface area contributed by atoms with Gasteiger partial charge in [-0.1, -0.05) is 18.2 Å². The van der Waals surface area contributed by atoms with E-state index >= 15 is 0 Å². The molecule has 4 aliphatic heterocycles. The molecule has 156 valence electrons. The number of ether oxygens (including phenoxy) is 2. The predicted octanol–water partition coefficient (Wildman–Crippen LogP) is 0.147. The molecule has 4 aliphatic rings. The average Bonchev–Trinajstić information content (AvgIpc) is 3.11. The number of aromatic nitrogens is 2. The van der Waals surface area contributed by atoms with Gasteiger partial charge in [0, 0.05) is 50.4 Å². The maximum atomic E-state index is 12.3. The first-order valence-electron chi connectivity index (χ1n) is 9.59. The molecule has 0 fully saturated rings. The van der Waals surface area contributed by atoms with Crippen LogP contribution >= 0.6 is 0 Å². The van der Waals surface area contributed by atoms with Crippen molar-refractivity contribution in [3.8, 4) is 11.3 Å². The molecule has 8 nitrogen and oxygen atoms in total. The Kier molecular flexibility index (Phi) is 7.02. The van der Waals surface area contributed by atoms with Crippen LogP contribution in [0.3, 0.4) is 0 Å². The van der Waals surface area contributed by atoms with Crippen LogP contribution in [0.25, 0.3) is 22.2 Å². The molecule has 0 aliphatic carbocycles. The molecule has 0 bridgehead atoms. The molecule has 31 heavy (non-hydrogen) atoms. The number of benzene rings is 1. The first-order valence-corrected chi connectivity index (χ1v) is 10.8. The minimum absolute atomic E-state index is 0. The smallest absolute Gasteiger partial charge is 0.672 e. The number of para-hydroxylation sites is 1. The predicted molar refractivity (Wildman–Crippen MR) is 110 cm³/mol. The Morgan fingerprint density at radius 1 is 1.29 bits per heavy atom. The number of pyridine rings is 1. The second-order valence-electron chi connectivity index (χ2n) is 7.44. The average molecular weight is 449 g/mol. The summed E-state index contributed by atoms with van der Waals surface area (Å²) in [5.74, 6) is 0.0400. The third-order valence-corrected chi connectivity index (χ3v) is 5.89. The molecule has 0 amide bonds. The van der Waals surface area contributed by atoms with Crippen molar-refractivity contribution in [1.82, 2.24) is 9.55 Å². The molecule has 0 radical (unpaired) electrons. The van der Waals surface area contributed by atoms with Crippen molar-refractivity contribution >= 4 is 49.1 Å². The van der Waals surface area contributed by atoms with E-state index < -0.39 is 9.17 Å². The maximum Gasteiger partial charge on any atom is 2.00 e. The molecule has 4 heterocycles. The van der Waals surface area contributed by atoms with E-state index in [0.29, 0.717) is 5.57 Å². The minimum atomic E-state index is -3.63. The van der Waals surface area contributed by atoms with Crippen LogP contribution in [-0.2, 0) is 31.7 Å². The number of carbonyl (C=O) groups is 1. The summed E-state index contributed by atoms with van der Waals surface area (Å²) < 4.78 is 21.5. The van der Waals surface area contributed by atoms with Crippen LogP contribution in [-0.4, -0.2) is 61.0 Å². The minimum Gasteiger partial charge on any atom is -0.672 e. The van der Waals surface area contributed by atoms with Crippen LogP contribution in [0.5, 0.6) is 0 Å². The molecule has 10 heteroatoms. The standard InChI is InChI=1S/C21H20N2O3.Mg.O3Si/c1-12-16-10-23-8-7-14-13-5-3-4-6-18(13)22-20(14)19(23)9-15(16)17(11-26-12)21(24)25-2;;1-4(2)3/h3-8,11-12,15-16H,9-10H2,1-2H3;;/q;+2;-2/t12-,15-,16+;;/m0../s1. The summed E-state index contributed by atoms with van der Waals surface area (Å²) >= 11 is 0. The molecule has 5 rings (SSSR count). The van der Waals surface area contributed by atoms with Gasteiger partial charge in [-0.15, -0.1) is 0 Å². The quantitative estimate of drug-likeness (QED) is 0.384. The molecular weight excluding hydrogens is 429 g/mol. The van der Waals surface area contributed by atoms with Crippen molar-refractivity contribution in [2.75, 3.05) is 7.11 Å². The van der Waals surface area contributed by atoms with Crippen molar-refractivity contribution in [2.45, 2.75) is 26.0 Å². The number of esters is 1. The molecular formula is C21H20MgN2O6Si. The zero-order valence-corrected chi connectivity index (χ0v) is 19.7. The van der Waals surface area contributed by atoms with E-state index in [1.165, 1.54) is 23.8 Å². The van der Waals surface area contributed by atoms with E-state index in [9.17, 15) is 4.79 Å². The molecule has 0 spiro atoms. The van der Waals surface area contributed by atoms with Crippen LogP contribution in [0.1, 0.15) is 12.6 Å². The molecule has 0 N–H and O–H groups in total. The number of nitrogens with zero attached hydrogens (tertiary/aromatic N) is 2. The summed E-state index contributed by atoms with van der Waals surface area (Å²) in [6, 6.07) is 10.4. The van der Waals surface area contributed by atoms with Crippen LogP contribution in [0.2, 0.25) is 0 Å². The SMILES string of the molecule is COC(=O)C1=CO[C@@H](C)[C@H]2Cn3ccc4c5ccccc5nc-4c3C[C@H]12.O=[Si]([O-])[O-].[Mg+2]. The van der Waals surface area contributed by atoms with Crippen LogP contribution in [0, 0.1) is 11.8 Å². The van der Waals surface area contributed by atoms with Gasteiger partial charge >= 0.3 is 29.0 Å². The summed E-state index contributed by atoms with van der Waals surface area (Å²) in [5, 5.41) is 1.18. The van der Waals surface area contributed by atoms with Crippen molar-refractivity contribution in [2.24, 2.45) is 11.8 Å². The number of fused-ring (bicyclic) bond motifs is 6. The van der Waals surface area contributed by atoms with Gasteiger partial charge in [0.05, 0.1) is 30.2 Å². The largest absolute Gasteiger partial charge is 2.00 e. The fourth-order valence-corrected chi connectivity index (χ4v) is 4.49. The molecule has 0 aromatic heterocycles. The second-order valence-corrected chi connectivity index (χ2v) is 7.94. The zero-order valence-electron chi connectivity index (χ0n) is 17.2. The normalized spacial score (nSPS) is 21.4. The van der Waals surface area contributed by atoms with Gasteiger partial charge in [-0.25, -0.2) is 9.78 Å². The second kappa shape index (κ2) is 9.37. The Labute approximate surface area is 196 Å². The monoisotopic (exact) mass is 448 g/mol. The van der Waals surface area contributed by atoms with Gasteiger partial charge in [0.2, 0.25) is 0 Å². The van der Waals surface area contributed by atoms with Crippen LogP contribution in [0.4, 0.5) is 0 Å². The Balaban J connectivity index is 0.000000504. The van der Waals surface area contributed by atoms with Crippen molar-refractivity contribution in [3.05, 3.63) is 54.1 Å². The molecule has 1 aromatic rings. The van der Waals surface area contributed by atoms with E-state index in [1.54, 1.807) is 6.26 Å². The summed E-state index contributed by atoms with van der Waals surface area (Å²) in [4.78, 5) is 34.2. The molecule has 0 unspecified atom stereocenters. The van der Waals surface area contributed by atoms with Crippen molar-refractivity contribution in [3.63, 3.8) is 0 Å². The number of hydrogen-bond acceptors (Lipinski definition) is 7. The van der Waals surface area contributed by atoms with Crippen LogP contribution in [0.15, 0.2) is 48.4 Å². The van der Waals surface area contributed by atoms with E-state index in [0.717, 1.165) is 24.2 Å². The van der Waals surface area contributed by atoms with Crippen molar-refractivity contribution in [1.29, 1.82) is 0 Å². The van der Waals surface area contributed by atoms with E-state index in [2.05, 4.69) is 29.8 Å². The van der Waals surface area contributed by atoms with Gasteiger partial charge in [0.25, 0.3) is 0 Å². The molecule has 3 atom stereocenters. The van der Waals surface area contributed by atoms with Crippen molar-refractivity contribution < 1.29 is 28.3 Å². The summed E-state index contributed by atoms with van der Waals surface area (Å²) in [6.07, 6.45) is 4.57. The fourth-order valence-electron chi connectivity index (χ4n) is 4.49. The Morgan fingerprint density at radius 2 is 2.00 bits per heavy atom. The fraction of sp³-hybridized carbons (Fsp3) is 0.333. The molecule has 0 saturated heterocycles. The van der Waals surface area contributed by atoms with Crippen LogP contribution < -0.4 is 9.59 Å².